The molecule has 0 fully saturated rings. The highest BCUT2D eigenvalue weighted by Gasteiger charge is 2.09. The summed E-state index contributed by atoms with van der Waals surface area (Å²) in [5.41, 5.74) is 1.16. The van der Waals surface area contributed by atoms with E-state index in [1.54, 1.807) is 17.5 Å². The highest BCUT2D eigenvalue weighted by atomic mass is 32.1. The minimum absolute atomic E-state index is 0.347. The minimum atomic E-state index is -0.347. The third-order valence-corrected chi connectivity index (χ3v) is 3.44. The van der Waals surface area contributed by atoms with Crippen molar-refractivity contribution in [2.75, 3.05) is 0 Å². The van der Waals surface area contributed by atoms with Gasteiger partial charge in [0.1, 0.15) is 0 Å². The van der Waals surface area contributed by atoms with Gasteiger partial charge in [-0.2, -0.15) is 5.10 Å². The molecular weight excluding hydrogens is 208 g/mol. The summed E-state index contributed by atoms with van der Waals surface area (Å²) in [6.07, 6.45) is 3.04. The topological polar surface area (TPSA) is 38.0 Å². The Hall–Kier alpha value is -1.13. The number of hydrogen-bond donors (Lipinski definition) is 1. The van der Waals surface area contributed by atoms with Crippen LogP contribution < -0.4 is 0 Å². The lowest BCUT2D eigenvalue weighted by atomic mass is 10.1. The maximum absolute atomic E-state index is 9.88. The molecule has 0 bridgehead atoms. The van der Waals surface area contributed by atoms with Crippen LogP contribution in [0.15, 0.2) is 29.8 Å². The molecule has 0 aliphatic carbocycles. The van der Waals surface area contributed by atoms with Gasteiger partial charge in [0.2, 0.25) is 0 Å². The molecule has 0 radical (unpaired) electrons. The van der Waals surface area contributed by atoms with E-state index in [2.05, 4.69) is 5.10 Å². The zero-order valence-electron chi connectivity index (χ0n) is 8.63. The summed E-state index contributed by atoms with van der Waals surface area (Å²) >= 11 is 1.60. The second-order valence-electron chi connectivity index (χ2n) is 3.52. The fraction of sp³-hybridized carbons (Fsp3) is 0.364. The van der Waals surface area contributed by atoms with Gasteiger partial charge in [-0.1, -0.05) is 6.07 Å². The van der Waals surface area contributed by atoms with Crippen molar-refractivity contribution in [3.8, 4) is 0 Å². The number of aliphatic hydroxyl groups is 1. The number of aryl methyl sites for hydroxylation is 2. The van der Waals surface area contributed by atoms with Crippen LogP contribution in [-0.2, 0) is 13.5 Å². The largest absolute Gasteiger partial charge is 0.388 e. The van der Waals surface area contributed by atoms with E-state index in [4.69, 9.17) is 0 Å². The normalized spacial score (nSPS) is 12.9. The SMILES string of the molecule is Cn1nccc1CCC(O)c1cccs1. The molecule has 0 aliphatic rings. The first-order valence-corrected chi connectivity index (χ1v) is 5.83. The molecule has 2 rings (SSSR count). The van der Waals surface area contributed by atoms with E-state index in [0.717, 1.165) is 23.4 Å². The Balaban J connectivity index is 1.91. The molecule has 1 atom stereocenters. The van der Waals surface area contributed by atoms with Crippen LogP contribution in [-0.4, -0.2) is 14.9 Å². The fourth-order valence-electron chi connectivity index (χ4n) is 1.55. The van der Waals surface area contributed by atoms with Gasteiger partial charge < -0.3 is 5.11 Å². The molecule has 1 unspecified atom stereocenters. The summed E-state index contributed by atoms with van der Waals surface area (Å²) in [6.45, 7) is 0. The highest BCUT2D eigenvalue weighted by molar-refractivity contribution is 7.10. The lowest BCUT2D eigenvalue weighted by Gasteiger charge is -2.08. The monoisotopic (exact) mass is 222 g/mol. The third-order valence-electron chi connectivity index (χ3n) is 2.47. The van der Waals surface area contributed by atoms with Gasteiger partial charge in [-0.25, -0.2) is 0 Å². The maximum Gasteiger partial charge on any atom is 0.0885 e. The van der Waals surface area contributed by atoms with Gasteiger partial charge >= 0.3 is 0 Å². The second kappa shape index (κ2) is 4.59. The molecule has 0 saturated heterocycles. The number of rotatable bonds is 4. The zero-order valence-corrected chi connectivity index (χ0v) is 9.44. The average molecular weight is 222 g/mol. The number of thiophene rings is 1. The molecule has 2 heterocycles. The van der Waals surface area contributed by atoms with E-state index < -0.39 is 0 Å². The summed E-state index contributed by atoms with van der Waals surface area (Å²) in [5.74, 6) is 0. The van der Waals surface area contributed by atoms with E-state index in [0.29, 0.717) is 0 Å². The summed E-state index contributed by atoms with van der Waals surface area (Å²) in [6, 6.07) is 5.92. The Labute approximate surface area is 93.0 Å². The quantitative estimate of drug-likeness (QED) is 0.860. The first-order chi connectivity index (χ1) is 7.27. The van der Waals surface area contributed by atoms with Crippen LogP contribution in [0.3, 0.4) is 0 Å². The molecule has 0 aliphatic heterocycles. The first kappa shape index (κ1) is 10.4. The molecular formula is C11H14N2OS. The van der Waals surface area contributed by atoms with Crippen molar-refractivity contribution in [2.24, 2.45) is 7.05 Å². The van der Waals surface area contributed by atoms with Gasteiger partial charge in [0.25, 0.3) is 0 Å². The standard InChI is InChI=1S/C11H14N2OS/c1-13-9(6-7-12-13)4-5-10(14)11-3-2-8-15-11/h2-3,6-8,10,14H,4-5H2,1H3. The van der Waals surface area contributed by atoms with Crippen LogP contribution >= 0.6 is 11.3 Å². The zero-order chi connectivity index (χ0) is 10.7. The van der Waals surface area contributed by atoms with Crippen molar-refractivity contribution in [1.29, 1.82) is 0 Å². The Kier molecular flexibility index (Phi) is 3.18. The summed E-state index contributed by atoms with van der Waals surface area (Å²) < 4.78 is 1.85. The van der Waals surface area contributed by atoms with Crippen LogP contribution in [0.4, 0.5) is 0 Å². The van der Waals surface area contributed by atoms with Gasteiger partial charge in [-0.05, 0) is 30.4 Å². The van der Waals surface area contributed by atoms with E-state index in [1.165, 1.54) is 0 Å². The van der Waals surface area contributed by atoms with Crippen LogP contribution in [0.2, 0.25) is 0 Å². The molecule has 0 saturated carbocycles. The van der Waals surface area contributed by atoms with E-state index >= 15 is 0 Å². The number of aliphatic hydroxyl groups excluding tert-OH is 1. The van der Waals surface area contributed by atoms with Crippen molar-refractivity contribution < 1.29 is 5.11 Å². The number of aromatic nitrogens is 2. The molecule has 3 nitrogen and oxygen atoms in total. The Bertz CT molecular complexity index is 408. The molecule has 2 aromatic heterocycles. The first-order valence-electron chi connectivity index (χ1n) is 4.95. The molecule has 2 aromatic rings. The Morgan fingerprint density at radius 3 is 3.00 bits per heavy atom. The van der Waals surface area contributed by atoms with E-state index in [9.17, 15) is 5.11 Å². The minimum Gasteiger partial charge on any atom is -0.388 e. The van der Waals surface area contributed by atoms with Crippen molar-refractivity contribution >= 4 is 11.3 Å². The molecule has 1 N–H and O–H groups in total. The van der Waals surface area contributed by atoms with E-state index in [-0.39, 0.29) is 6.10 Å². The van der Waals surface area contributed by atoms with Gasteiger partial charge in [-0.3, -0.25) is 4.68 Å². The fourth-order valence-corrected chi connectivity index (χ4v) is 2.30. The van der Waals surface area contributed by atoms with Crippen LogP contribution in [0.25, 0.3) is 0 Å². The summed E-state index contributed by atoms with van der Waals surface area (Å²) in [7, 11) is 1.92. The van der Waals surface area contributed by atoms with Crippen LogP contribution in [0, 0.1) is 0 Å². The maximum atomic E-state index is 9.88. The van der Waals surface area contributed by atoms with E-state index in [1.807, 2.05) is 35.3 Å². The lowest BCUT2D eigenvalue weighted by Crippen LogP contribution is -2.02. The highest BCUT2D eigenvalue weighted by Crippen LogP contribution is 2.22. The lowest BCUT2D eigenvalue weighted by molar-refractivity contribution is 0.171. The Morgan fingerprint density at radius 2 is 2.40 bits per heavy atom. The average Bonchev–Trinajstić information content (AvgIpc) is 2.85. The van der Waals surface area contributed by atoms with Gasteiger partial charge in [0.05, 0.1) is 6.10 Å². The molecule has 0 aromatic carbocycles. The predicted octanol–water partition coefficient (Wildman–Crippen LogP) is 2.15. The Morgan fingerprint density at radius 1 is 1.53 bits per heavy atom. The van der Waals surface area contributed by atoms with Gasteiger partial charge in [0.15, 0.2) is 0 Å². The van der Waals surface area contributed by atoms with Crippen molar-refractivity contribution in [1.82, 2.24) is 9.78 Å². The molecule has 0 amide bonds. The van der Waals surface area contributed by atoms with Crippen molar-refractivity contribution in [3.63, 3.8) is 0 Å². The van der Waals surface area contributed by atoms with Crippen molar-refractivity contribution in [3.05, 3.63) is 40.3 Å². The smallest absolute Gasteiger partial charge is 0.0885 e. The molecule has 15 heavy (non-hydrogen) atoms. The summed E-state index contributed by atoms with van der Waals surface area (Å²) in [4.78, 5) is 1.04. The number of nitrogens with zero attached hydrogens (tertiary/aromatic N) is 2. The predicted molar refractivity (Wildman–Crippen MR) is 60.8 cm³/mol. The van der Waals surface area contributed by atoms with Gasteiger partial charge in [0, 0.05) is 23.8 Å². The second-order valence-corrected chi connectivity index (χ2v) is 4.50. The van der Waals surface area contributed by atoms with Crippen LogP contribution in [0.1, 0.15) is 23.1 Å². The van der Waals surface area contributed by atoms with Gasteiger partial charge in [-0.15, -0.1) is 11.3 Å². The summed E-state index contributed by atoms with van der Waals surface area (Å²) in [5, 5.41) is 16.0. The molecule has 4 heteroatoms. The van der Waals surface area contributed by atoms with Crippen LogP contribution in [0.5, 0.6) is 0 Å². The molecule has 80 valence electrons. The van der Waals surface area contributed by atoms with Crippen molar-refractivity contribution in [2.45, 2.75) is 18.9 Å². The third kappa shape index (κ3) is 2.46. The number of hydrogen-bond acceptors (Lipinski definition) is 3. The molecule has 0 spiro atoms.